The van der Waals surface area contributed by atoms with Gasteiger partial charge in [0.25, 0.3) is 0 Å². The van der Waals surface area contributed by atoms with E-state index in [1.807, 2.05) is 24.3 Å². The SMILES string of the molecule is N#Cc1ccc(-c2n[nH]c3c2CN(Cc2ccsc2)CC3)cc1. The molecule has 0 saturated heterocycles. The normalized spacial score (nSPS) is 14.4. The van der Waals surface area contributed by atoms with Crippen LogP contribution in [0.25, 0.3) is 11.3 Å². The molecule has 1 aromatic carbocycles. The first kappa shape index (κ1) is 14.2. The molecule has 0 spiro atoms. The molecule has 0 radical (unpaired) electrons. The smallest absolute Gasteiger partial charge is 0.0991 e. The molecule has 0 bridgehead atoms. The van der Waals surface area contributed by atoms with Crippen LogP contribution in [-0.2, 0) is 19.5 Å². The van der Waals surface area contributed by atoms with Gasteiger partial charge in [-0.1, -0.05) is 12.1 Å². The maximum atomic E-state index is 8.93. The van der Waals surface area contributed by atoms with E-state index in [4.69, 9.17) is 5.26 Å². The minimum Gasteiger partial charge on any atom is -0.294 e. The lowest BCUT2D eigenvalue weighted by Crippen LogP contribution is -2.29. The Bertz CT molecular complexity index is 840. The third-order valence-corrected chi connectivity index (χ3v) is 5.02. The second kappa shape index (κ2) is 5.99. The molecule has 1 aliphatic heterocycles. The number of hydrogen-bond donors (Lipinski definition) is 1. The first-order chi connectivity index (χ1) is 11.3. The molecule has 23 heavy (non-hydrogen) atoms. The van der Waals surface area contributed by atoms with Crippen molar-refractivity contribution in [1.82, 2.24) is 15.1 Å². The van der Waals surface area contributed by atoms with Crippen molar-refractivity contribution in [2.24, 2.45) is 0 Å². The van der Waals surface area contributed by atoms with Gasteiger partial charge in [0.1, 0.15) is 0 Å². The zero-order valence-electron chi connectivity index (χ0n) is 12.6. The van der Waals surface area contributed by atoms with Crippen LogP contribution in [0.1, 0.15) is 22.4 Å². The van der Waals surface area contributed by atoms with Crippen LogP contribution >= 0.6 is 11.3 Å². The first-order valence-corrected chi connectivity index (χ1v) is 8.58. The number of aromatic nitrogens is 2. The molecule has 5 heteroatoms. The Kier molecular flexibility index (Phi) is 3.70. The molecule has 114 valence electrons. The Morgan fingerprint density at radius 3 is 2.87 bits per heavy atom. The number of nitriles is 1. The summed E-state index contributed by atoms with van der Waals surface area (Å²) in [4.78, 5) is 2.47. The number of hydrogen-bond acceptors (Lipinski definition) is 4. The maximum Gasteiger partial charge on any atom is 0.0991 e. The van der Waals surface area contributed by atoms with Crippen molar-refractivity contribution >= 4 is 11.3 Å². The van der Waals surface area contributed by atoms with Gasteiger partial charge in [-0.05, 0) is 34.5 Å². The van der Waals surface area contributed by atoms with Crippen molar-refractivity contribution in [2.45, 2.75) is 19.5 Å². The fraction of sp³-hybridized carbons (Fsp3) is 0.222. The fourth-order valence-electron chi connectivity index (χ4n) is 3.07. The minimum absolute atomic E-state index is 0.678. The predicted molar refractivity (Wildman–Crippen MR) is 90.9 cm³/mol. The molecular formula is C18H16N4S. The highest BCUT2D eigenvalue weighted by Gasteiger charge is 2.22. The molecule has 0 unspecified atom stereocenters. The molecule has 0 fully saturated rings. The number of thiophene rings is 1. The molecule has 0 saturated carbocycles. The standard InChI is InChI=1S/C18H16N4S/c19-9-13-1-3-15(4-2-13)18-16-11-22(7-5-17(16)20-21-18)10-14-6-8-23-12-14/h1-4,6,8,12H,5,7,10-11H2,(H,20,21). The molecule has 3 aromatic rings. The lowest BCUT2D eigenvalue weighted by molar-refractivity contribution is 0.245. The number of nitrogens with one attached hydrogen (secondary N) is 1. The molecule has 1 N–H and O–H groups in total. The van der Waals surface area contributed by atoms with Crippen LogP contribution < -0.4 is 0 Å². The van der Waals surface area contributed by atoms with Gasteiger partial charge in [-0.25, -0.2) is 0 Å². The number of benzene rings is 1. The van der Waals surface area contributed by atoms with E-state index in [1.54, 1.807) is 11.3 Å². The number of fused-ring (bicyclic) bond motifs is 1. The zero-order valence-corrected chi connectivity index (χ0v) is 13.4. The largest absolute Gasteiger partial charge is 0.294 e. The number of H-pyrrole nitrogens is 1. The highest BCUT2D eigenvalue weighted by Crippen LogP contribution is 2.29. The van der Waals surface area contributed by atoms with E-state index in [2.05, 4.69) is 38.0 Å². The van der Waals surface area contributed by atoms with E-state index in [-0.39, 0.29) is 0 Å². The summed E-state index contributed by atoms with van der Waals surface area (Å²) in [5, 5.41) is 21.0. The number of rotatable bonds is 3. The van der Waals surface area contributed by atoms with Gasteiger partial charge in [0.2, 0.25) is 0 Å². The lowest BCUT2D eigenvalue weighted by atomic mass is 10.00. The van der Waals surface area contributed by atoms with Crippen molar-refractivity contribution in [2.75, 3.05) is 6.54 Å². The van der Waals surface area contributed by atoms with Gasteiger partial charge in [0.15, 0.2) is 0 Å². The summed E-state index contributed by atoms with van der Waals surface area (Å²) in [5.41, 5.74) is 6.67. The van der Waals surface area contributed by atoms with Crippen LogP contribution in [0.5, 0.6) is 0 Å². The molecule has 0 atom stereocenters. The van der Waals surface area contributed by atoms with Crippen LogP contribution in [0, 0.1) is 11.3 Å². The summed E-state index contributed by atoms with van der Waals surface area (Å²) in [6.07, 6.45) is 1.00. The van der Waals surface area contributed by atoms with E-state index in [1.165, 1.54) is 16.8 Å². The van der Waals surface area contributed by atoms with Crippen LogP contribution in [0.3, 0.4) is 0 Å². The zero-order chi connectivity index (χ0) is 15.6. The summed E-state index contributed by atoms with van der Waals surface area (Å²) in [7, 11) is 0. The van der Waals surface area contributed by atoms with Crippen molar-refractivity contribution in [3.8, 4) is 17.3 Å². The summed E-state index contributed by atoms with van der Waals surface area (Å²) >= 11 is 1.75. The molecule has 1 aliphatic rings. The average molecular weight is 320 g/mol. The number of aromatic amines is 1. The minimum atomic E-state index is 0.678. The first-order valence-electron chi connectivity index (χ1n) is 7.63. The summed E-state index contributed by atoms with van der Waals surface area (Å²) < 4.78 is 0. The van der Waals surface area contributed by atoms with Gasteiger partial charge in [0, 0.05) is 42.9 Å². The van der Waals surface area contributed by atoms with E-state index in [0.717, 1.165) is 37.3 Å². The molecular weight excluding hydrogens is 304 g/mol. The van der Waals surface area contributed by atoms with Gasteiger partial charge < -0.3 is 0 Å². The molecule has 3 heterocycles. The fourth-order valence-corrected chi connectivity index (χ4v) is 3.73. The quantitative estimate of drug-likeness (QED) is 0.802. The van der Waals surface area contributed by atoms with Gasteiger partial charge in [-0.2, -0.15) is 21.7 Å². The van der Waals surface area contributed by atoms with Crippen molar-refractivity contribution in [3.05, 3.63) is 63.5 Å². The molecule has 0 aliphatic carbocycles. The Hall–Kier alpha value is -2.42. The third kappa shape index (κ3) is 2.79. The average Bonchev–Trinajstić information content (AvgIpc) is 3.24. The lowest BCUT2D eigenvalue weighted by Gasteiger charge is -2.26. The predicted octanol–water partition coefficient (Wildman–Crippen LogP) is 3.57. The second-order valence-electron chi connectivity index (χ2n) is 5.81. The van der Waals surface area contributed by atoms with Gasteiger partial charge in [-0.3, -0.25) is 10.00 Å². The molecule has 0 amide bonds. The molecule has 4 rings (SSSR count). The Balaban J connectivity index is 1.60. The Morgan fingerprint density at radius 1 is 1.26 bits per heavy atom. The van der Waals surface area contributed by atoms with Crippen LogP contribution in [0.15, 0.2) is 41.1 Å². The van der Waals surface area contributed by atoms with E-state index < -0.39 is 0 Å². The monoisotopic (exact) mass is 320 g/mol. The van der Waals surface area contributed by atoms with Crippen molar-refractivity contribution in [3.63, 3.8) is 0 Å². The summed E-state index contributed by atoms with van der Waals surface area (Å²) in [6.45, 7) is 2.95. The van der Waals surface area contributed by atoms with Gasteiger partial charge >= 0.3 is 0 Å². The van der Waals surface area contributed by atoms with Crippen LogP contribution in [-0.4, -0.2) is 21.6 Å². The van der Waals surface area contributed by atoms with Crippen LogP contribution in [0.2, 0.25) is 0 Å². The highest BCUT2D eigenvalue weighted by molar-refractivity contribution is 7.07. The van der Waals surface area contributed by atoms with Crippen molar-refractivity contribution < 1.29 is 0 Å². The Morgan fingerprint density at radius 2 is 2.13 bits per heavy atom. The van der Waals surface area contributed by atoms with E-state index in [9.17, 15) is 0 Å². The van der Waals surface area contributed by atoms with E-state index in [0.29, 0.717) is 5.56 Å². The van der Waals surface area contributed by atoms with Gasteiger partial charge in [-0.15, -0.1) is 0 Å². The topological polar surface area (TPSA) is 55.7 Å². The van der Waals surface area contributed by atoms with Crippen molar-refractivity contribution in [1.29, 1.82) is 5.26 Å². The van der Waals surface area contributed by atoms with Gasteiger partial charge in [0.05, 0.1) is 17.3 Å². The molecule has 2 aromatic heterocycles. The highest BCUT2D eigenvalue weighted by atomic mass is 32.1. The summed E-state index contributed by atoms with van der Waals surface area (Å²) in [5.74, 6) is 0. The second-order valence-corrected chi connectivity index (χ2v) is 6.59. The number of nitrogens with zero attached hydrogens (tertiary/aromatic N) is 3. The van der Waals surface area contributed by atoms with E-state index >= 15 is 0 Å². The Labute approximate surface area is 139 Å². The summed E-state index contributed by atoms with van der Waals surface area (Å²) in [6, 6.07) is 12.0. The van der Waals surface area contributed by atoms with Crippen LogP contribution in [0.4, 0.5) is 0 Å². The maximum absolute atomic E-state index is 8.93. The molecule has 4 nitrogen and oxygen atoms in total. The third-order valence-electron chi connectivity index (χ3n) is 4.29.